The molecule has 0 saturated carbocycles. The number of fused-ring (bicyclic) bond motifs is 3. The minimum Gasteiger partial charge on any atom is -0.494 e. The molecule has 2 N–H and O–H groups in total. The first-order chi connectivity index (χ1) is 12.4. The van der Waals surface area contributed by atoms with Gasteiger partial charge in [-0.1, -0.05) is 0 Å². The van der Waals surface area contributed by atoms with Gasteiger partial charge in [0.05, 0.1) is 32.4 Å². The number of aromatic amines is 1. The van der Waals surface area contributed by atoms with E-state index in [0.29, 0.717) is 10.9 Å². The number of carbonyl (C=O) groups is 3. The minimum absolute atomic E-state index is 0.0166. The number of benzene rings is 1. The molecule has 0 radical (unpaired) electrons. The molecule has 0 unspecified atom stereocenters. The third-order valence-electron chi connectivity index (χ3n) is 3.89. The predicted octanol–water partition coefficient (Wildman–Crippen LogP) is 2.00. The zero-order valence-corrected chi connectivity index (χ0v) is 14.1. The number of hydrogen-bond acceptors (Lipinski definition) is 7. The Balaban J connectivity index is 2.51. The van der Waals surface area contributed by atoms with Crippen molar-refractivity contribution in [1.82, 2.24) is 9.97 Å². The van der Waals surface area contributed by atoms with Crippen LogP contribution in [0.3, 0.4) is 0 Å². The van der Waals surface area contributed by atoms with Crippen molar-refractivity contribution in [2.75, 3.05) is 21.3 Å². The summed E-state index contributed by atoms with van der Waals surface area (Å²) in [5, 5.41) is 10.1. The molecule has 134 valence electrons. The fourth-order valence-electron chi connectivity index (χ4n) is 2.73. The van der Waals surface area contributed by atoms with Gasteiger partial charge < -0.3 is 24.3 Å². The molecular formula is C17H14N2O7. The fraction of sp³-hybridized carbons (Fsp3) is 0.176. The number of pyridine rings is 1. The smallest absolute Gasteiger partial charge is 0.354 e. The first-order valence-electron chi connectivity index (χ1n) is 7.35. The molecule has 9 heteroatoms. The Bertz CT molecular complexity index is 1070. The number of aromatic nitrogens is 2. The number of nitrogens with zero attached hydrogens (tertiary/aromatic N) is 1. The second kappa shape index (κ2) is 6.36. The number of nitrogens with one attached hydrogen (secondary N) is 1. The second-order valence-corrected chi connectivity index (χ2v) is 5.29. The van der Waals surface area contributed by atoms with Crippen LogP contribution in [0.15, 0.2) is 18.2 Å². The highest BCUT2D eigenvalue weighted by Crippen LogP contribution is 2.35. The molecule has 1 aromatic carbocycles. The monoisotopic (exact) mass is 358 g/mol. The van der Waals surface area contributed by atoms with Crippen LogP contribution in [-0.4, -0.2) is 54.3 Å². The van der Waals surface area contributed by atoms with Crippen molar-refractivity contribution in [2.24, 2.45) is 0 Å². The summed E-state index contributed by atoms with van der Waals surface area (Å²) in [5.74, 6) is -2.40. The lowest BCUT2D eigenvalue weighted by atomic mass is 10.0. The van der Waals surface area contributed by atoms with Crippen LogP contribution in [0, 0.1) is 0 Å². The van der Waals surface area contributed by atoms with Gasteiger partial charge in [-0.05, 0) is 18.2 Å². The maximum Gasteiger partial charge on any atom is 0.354 e. The molecule has 0 atom stereocenters. The Labute approximate surface area is 146 Å². The minimum atomic E-state index is -1.30. The standard InChI is InChI=1S/C17H14N2O7/c1-24-11-5-7-4-10(17(23)26-3)19-13(7)12-8(16(22)25-2)6-9(15(20)21)18-14(11)12/h4-6,19H,1-3H3,(H,20,21). The van der Waals surface area contributed by atoms with Gasteiger partial charge in [0.1, 0.15) is 22.7 Å². The molecule has 0 fully saturated rings. The van der Waals surface area contributed by atoms with Crippen molar-refractivity contribution in [1.29, 1.82) is 0 Å². The van der Waals surface area contributed by atoms with E-state index in [1.165, 1.54) is 27.4 Å². The van der Waals surface area contributed by atoms with Crippen molar-refractivity contribution < 1.29 is 33.7 Å². The van der Waals surface area contributed by atoms with E-state index in [4.69, 9.17) is 14.2 Å². The Kier molecular flexibility index (Phi) is 4.21. The van der Waals surface area contributed by atoms with Gasteiger partial charge >= 0.3 is 17.9 Å². The average Bonchev–Trinajstić information content (AvgIpc) is 3.08. The fourth-order valence-corrected chi connectivity index (χ4v) is 2.73. The highest BCUT2D eigenvalue weighted by molar-refractivity contribution is 6.18. The topological polar surface area (TPSA) is 128 Å². The van der Waals surface area contributed by atoms with E-state index in [2.05, 4.69) is 9.97 Å². The van der Waals surface area contributed by atoms with Gasteiger partial charge in [0.25, 0.3) is 0 Å². The van der Waals surface area contributed by atoms with E-state index in [9.17, 15) is 19.5 Å². The average molecular weight is 358 g/mol. The summed E-state index contributed by atoms with van der Waals surface area (Å²) in [5.41, 5.74) is 0.368. The van der Waals surface area contributed by atoms with Gasteiger partial charge in [-0.3, -0.25) is 0 Å². The molecule has 0 saturated heterocycles. The number of rotatable bonds is 4. The number of H-pyrrole nitrogens is 1. The van der Waals surface area contributed by atoms with E-state index in [-0.39, 0.29) is 33.6 Å². The van der Waals surface area contributed by atoms with Crippen molar-refractivity contribution >= 4 is 39.7 Å². The van der Waals surface area contributed by atoms with Gasteiger partial charge in [-0.15, -0.1) is 0 Å². The number of methoxy groups -OCH3 is 3. The first kappa shape index (κ1) is 17.2. The summed E-state index contributed by atoms with van der Waals surface area (Å²) >= 11 is 0. The van der Waals surface area contributed by atoms with Crippen molar-refractivity contribution in [3.63, 3.8) is 0 Å². The van der Waals surface area contributed by atoms with Crippen molar-refractivity contribution in [3.05, 3.63) is 35.2 Å². The van der Waals surface area contributed by atoms with Crippen LogP contribution in [0.5, 0.6) is 5.75 Å². The first-order valence-corrected chi connectivity index (χ1v) is 7.35. The van der Waals surface area contributed by atoms with Gasteiger partial charge in [-0.2, -0.15) is 0 Å². The zero-order valence-electron chi connectivity index (χ0n) is 14.1. The maximum atomic E-state index is 12.3. The lowest BCUT2D eigenvalue weighted by Gasteiger charge is -2.11. The van der Waals surface area contributed by atoms with E-state index >= 15 is 0 Å². The summed E-state index contributed by atoms with van der Waals surface area (Å²) in [6.07, 6.45) is 0. The summed E-state index contributed by atoms with van der Waals surface area (Å²) in [4.78, 5) is 42.4. The van der Waals surface area contributed by atoms with E-state index in [1.54, 1.807) is 6.07 Å². The summed E-state index contributed by atoms with van der Waals surface area (Å²) in [7, 11) is 3.81. The van der Waals surface area contributed by atoms with Crippen LogP contribution in [-0.2, 0) is 9.47 Å². The van der Waals surface area contributed by atoms with Crippen molar-refractivity contribution in [2.45, 2.75) is 0 Å². The number of aromatic carboxylic acids is 1. The van der Waals surface area contributed by atoms with Crippen molar-refractivity contribution in [3.8, 4) is 5.75 Å². The molecule has 2 heterocycles. The van der Waals surface area contributed by atoms with Crippen LogP contribution >= 0.6 is 0 Å². The zero-order chi connectivity index (χ0) is 19.0. The highest BCUT2D eigenvalue weighted by atomic mass is 16.5. The molecule has 0 aliphatic carbocycles. The molecule has 0 aliphatic heterocycles. The highest BCUT2D eigenvalue weighted by Gasteiger charge is 2.23. The summed E-state index contributed by atoms with van der Waals surface area (Å²) < 4.78 is 14.8. The van der Waals surface area contributed by atoms with Crippen LogP contribution in [0.2, 0.25) is 0 Å². The lowest BCUT2D eigenvalue weighted by Crippen LogP contribution is -2.09. The van der Waals surface area contributed by atoms with Crippen LogP contribution < -0.4 is 4.74 Å². The SMILES string of the molecule is COC(=O)c1cc2cc(OC)c3nc(C(=O)O)cc(C(=O)OC)c3c2[nH]1. The van der Waals surface area contributed by atoms with E-state index in [0.717, 1.165) is 6.07 Å². The third-order valence-corrected chi connectivity index (χ3v) is 3.89. The number of ether oxygens (including phenoxy) is 3. The summed E-state index contributed by atoms with van der Waals surface area (Å²) in [6, 6.07) is 4.24. The van der Waals surface area contributed by atoms with Gasteiger partial charge in [-0.25, -0.2) is 19.4 Å². The van der Waals surface area contributed by atoms with Crippen LogP contribution in [0.1, 0.15) is 31.3 Å². The van der Waals surface area contributed by atoms with Crippen LogP contribution in [0.4, 0.5) is 0 Å². The Morgan fingerprint density at radius 1 is 1.04 bits per heavy atom. The molecule has 9 nitrogen and oxygen atoms in total. The quantitative estimate of drug-likeness (QED) is 0.678. The van der Waals surface area contributed by atoms with E-state index < -0.39 is 17.9 Å². The Morgan fingerprint density at radius 3 is 2.31 bits per heavy atom. The maximum absolute atomic E-state index is 12.3. The predicted molar refractivity (Wildman–Crippen MR) is 89.8 cm³/mol. The van der Waals surface area contributed by atoms with Gasteiger partial charge in [0.15, 0.2) is 0 Å². The molecule has 0 bridgehead atoms. The number of esters is 2. The largest absolute Gasteiger partial charge is 0.494 e. The number of carbonyl (C=O) groups excluding carboxylic acids is 2. The molecule has 2 aromatic heterocycles. The lowest BCUT2D eigenvalue weighted by molar-refractivity contribution is 0.0589. The molecule has 0 aliphatic rings. The third kappa shape index (κ3) is 2.59. The molecule has 0 amide bonds. The molecule has 3 rings (SSSR count). The molecule has 3 aromatic rings. The number of carboxylic acid groups (broad SMARTS) is 1. The second-order valence-electron chi connectivity index (χ2n) is 5.29. The van der Waals surface area contributed by atoms with Gasteiger partial charge in [0, 0.05) is 10.8 Å². The van der Waals surface area contributed by atoms with Gasteiger partial charge in [0.2, 0.25) is 0 Å². The molecular weight excluding hydrogens is 344 g/mol. The Hall–Kier alpha value is -3.62. The molecule has 26 heavy (non-hydrogen) atoms. The molecule has 0 spiro atoms. The van der Waals surface area contributed by atoms with E-state index in [1.807, 2.05) is 0 Å². The summed E-state index contributed by atoms with van der Waals surface area (Å²) in [6.45, 7) is 0. The van der Waals surface area contributed by atoms with Crippen LogP contribution in [0.25, 0.3) is 21.8 Å². The normalized spacial score (nSPS) is 10.7. The number of hydrogen-bond donors (Lipinski definition) is 2. The Morgan fingerprint density at radius 2 is 1.73 bits per heavy atom. The number of carboxylic acids is 1.